The standard InChI is InChI=1S/C15H17N3O4S/c1-9(19)16-15-17-10(8-23-15)6-14(20)18-12-5-4-11(21-2)7-13(12)22-3/h4-5,7-8H,6H2,1-3H3,(H,18,20)(H,16,17,19). The molecule has 8 heteroatoms. The number of ether oxygens (including phenoxy) is 2. The third kappa shape index (κ3) is 4.68. The van der Waals surface area contributed by atoms with E-state index in [1.165, 1.54) is 25.4 Å². The number of rotatable bonds is 6. The fourth-order valence-corrected chi connectivity index (χ4v) is 2.61. The Morgan fingerprint density at radius 3 is 2.65 bits per heavy atom. The van der Waals surface area contributed by atoms with Gasteiger partial charge in [0.1, 0.15) is 11.5 Å². The molecule has 1 aromatic carbocycles. The van der Waals surface area contributed by atoms with E-state index in [0.717, 1.165) is 0 Å². The van der Waals surface area contributed by atoms with E-state index in [9.17, 15) is 9.59 Å². The van der Waals surface area contributed by atoms with E-state index in [1.807, 2.05) is 0 Å². The van der Waals surface area contributed by atoms with Crippen molar-refractivity contribution in [2.45, 2.75) is 13.3 Å². The van der Waals surface area contributed by atoms with Crippen molar-refractivity contribution < 1.29 is 19.1 Å². The first kappa shape index (κ1) is 16.8. The highest BCUT2D eigenvalue weighted by Gasteiger charge is 2.12. The highest BCUT2D eigenvalue weighted by Crippen LogP contribution is 2.29. The summed E-state index contributed by atoms with van der Waals surface area (Å²) in [6.07, 6.45) is 0.102. The largest absolute Gasteiger partial charge is 0.497 e. The molecule has 0 saturated heterocycles. The molecule has 2 aromatic rings. The molecule has 2 amide bonds. The van der Waals surface area contributed by atoms with Crippen LogP contribution >= 0.6 is 11.3 Å². The number of thiazole rings is 1. The molecule has 7 nitrogen and oxygen atoms in total. The van der Waals surface area contributed by atoms with Crippen LogP contribution in [0.2, 0.25) is 0 Å². The molecule has 0 aliphatic carbocycles. The Balaban J connectivity index is 2.02. The van der Waals surface area contributed by atoms with Gasteiger partial charge in [0.05, 0.1) is 32.0 Å². The van der Waals surface area contributed by atoms with Gasteiger partial charge in [-0.25, -0.2) is 4.98 Å². The number of nitrogens with zero attached hydrogens (tertiary/aromatic N) is 1. The third-order valence-corrected chi connectivity index (χ3v) is 3.67. The predicted molar refractivity (Wildman–Crippen MR) is 88.3 cm³/mol. The van der Waals surface area contributed by atoms with Gasteiger partial charge in [0.15, 0.2) is 5.13 Å². The summed E-state index contributed by atoms with van der Waals surface area (Å²) in [7, 11) is 3.08. The van der Waals surface area contributed by atoms with Gasteiger partial charge in [0.2, 0.25) is 11.8 Å². The predicted octanol–water partition coefficient (Wildman–Crippen LogP) is 2.30. The van der Waals surface area contributed by atoms with Crippen molar-refractivity contribution in [3.8, 4) is 11.5 Å². The van der Waals surface area contributed by atoms with Crippen LogP contribution in [0.5, 0.6) is 11.5 Å². The number of hydrogen-bond donors (Lipinski definition) is 2. The maximum atomic E-state index is 12.1. The number of amides is 2. The molecule has 0 spiro atoms. The van der Waals surface area contributed by atoms with Crippen LogP contribution in [0.15, 0.2) is 23.6 Å². The third-order valence-electron chi connectivity index (χ3n) is 2.86. The van der Waals surface area contributed by atoms with Crippen molar-refractivity contribution in [2.24, 2.45) is 0 Å². The number of carbonyl (C=O) groups excluding carboxylic acids is 2. The second-order valence-electron chi connectivity index (χ2n) is 4.62. The number of methoxy groups -OCH3 is 2. The van der Waals surface area contributed by atoms with Crippen LogP contribution < -0.4 is 20.1 Å². The molecule has 0 aliphatic rings. The number of hydrogen-bond acceptors (Lipinski definition) is 6. The van der Waals surface area contributed by atoms with Crippen LogP contribution in [0.4, 0.5) is 10.8 Å². The minimum Gasteiger partial charge on any atom is -0.497 e. The lowest BCUT2D eigenvalue weighted by molar-refractivity contribution is -0.116. The first-order valence-electron chi connectivity index (χ1n) is 6.75. The molecule has 0 atom stereocenters. The molecule has 122 valence electrons. The molecular formula is C15H17N3O4S. The summed E-state index contributed by atoms with van der Waals surface area (Å²) in [5, 5.41) is 7.56. The summed E-state index contributed by atoms with van der Waals surface area (Å²) in [5.41, 5.74) is 1.14. The monoisotopic (exact) mass is 335 g/mol. The van der Waals surface area contributed by atoms with Gasteiger partial charge >= 0.3 is 0 Å². The van der Waals surface area contributed by atoms with Gasteiger partial charge in [-0.1, -0.05) is 0 Å². The number of benzene rings is 1. The van der Waals surface area contributed by atoms with E-state index >= 15 is 0 Å². The van der Waals surface area contributed by atoms with Crippen molar-refractivity contribution in [1.29, 1.82) is 0 Å². The van der Waals surface area contributed by atoms with Crippen LogP contribution in [0.25, 0.3) is 0 Å². The summed E-state index contributed by atoms with van der Waals surface area (Å²) in [4.78, 5) is 27.3. The van der Waals surface area contributed by atoms with Crippen molar-refractivity contribution in [1.82, 2.24) is 4.98 Å². The van der Waals surface area contributed by atoms with Gasteiger partial charge in [-0.2, -0.15) is 0 Å². The first-order valence-corrected chi connectivity index (χ1v) is 7.63. The maximum absolute atomic E-state index is 12.1. The Morgan fingerprint density at radius 2 is 2.00 bits per heavy atom. The molecule has 0 saturated carbocycles. The van der Waals surface area contributed by atoms with E-state index in [0.29, 0.717) is 28.0 Å². The molecule has 0 bridgehead atoms. The Labute approximate surface area is 137 Å². The van der Waals surface area contributed by atoms with Crippen molar-refractivity contribution in [3.05, 3.63) is 29.3 Å². The smallest absolute Gasteiger partial charge is 0.230 e. The van der Waals surface area contributed by atoms with Gasteiger partial charge in [-0.05, 0) is 12.1 Å². The van der Waals surface area contributed by atoms with Gasteiger partial charge < -0.3 is 20.1 Å². The Hall–Kier alpha value is -2.61. The quantitative estimate of drug-likeness (QED) is 0.845. The molecule has 1 heterocycles. The lowest BCUT2D eigenvalue weighted by Crippen LogP contribution is -2.15. The Kier molecular flexibility index (Phi) is 5.53. The van der Waals surface area contributed by atoms with E-state index in [2.05, 4.69) is 15.6 Å². The van der Waals surface area contributed by atoms with Crippen molar-refractivity contribution in [3.63, 3.8) is 0 Å². The molecule has 2 rings (SSSR count). The number of carbonyl (C=O) groups is 2. The zero-order valence-electron chi connectivity index (χ0n) is 13.0. The molecule has 0 radical (unpaired) electrons. The summed E-state index contributed by atoms with van der Waals surface area (Å²) >= 11 is 1.27. The number of nitrogens with one attached hydrogen (secondary N) is 2. The maximum Gasteiger partial charge on any atom is 0.230 e. The average Bonchev–Trinajstić information content (AvgIpc) is 2.93. The minimum atomic E-state index is -0.229. The second-order valence-corrected chi connectivity index (χ2v) is 5.47. The molecule has 23 heavy (non-hydrogen) atoms. The Morgan fingerprint density at radius 1 is 1.22 bits per heavy atom. The van der Waals surface area contributed by atoms with Crippen molar-refractivity contribution in [2.75, 3.05) is 24.9 Å². The first-order chi connectivity index (χ1) is 11.0. The fourth-order valence-electron chi connectivity index (χ4n) is 1.86. The van der Waals surface area contributed by atoms with E-state index in [1.54, 1.807) is 30.7 Å². The molecular weight excluding hydrogens is 318 g/mol. The molecule has 0 unspecified atom stereocenters. The van der Waals surface area contributed by atoms with Gasteiger partial charge in [0.25, 0.3) is 0 Å². The summed E-state index contributed by atoms with van der Waals surface area (Å²) in [6.45, 7) is 1.41. The summed E-state index contributed by atoms with van der Waals surface area (Å²) < 4.78 is 10.3. The zero-order valence-corrected chi connectivity index (χ0v) is 13.8. The highest BCUT2D eigenvalue weighted by molar-refractivity contribution is 7.13. The molecule has 2 N–H and O–H groups in total. The van der Waals surface area contributed by atoms with E-state index in [4.69, 9.17) is 9.47 Å². The number of aromatic nitrogens is 1. The van der Waals surface area contributed by atoms with Crippen LogP contribution in [0.1, 0.15) is 12.6 Å². The summed E-state index contributed by atoms with van der Waals surface area (Å²) in [6, 6.07) is 5.13. The van der Waals surface area contributed by atoms with Crippen LogP contribution in [-0.4, -0.2) is 31.0 Å². The Bertz CT molecular complexity index is 714. The van der Waals surface area contributed by atoms with Gasteiger partial charge in [-0.15, -0.1) is 11.3 Å². The van der Waals surface area contributed by atoms with Crippen molar-refractivity contribution >= 4 is 34.0 Å². The average molecular weight is 335 g/mol. The minimum absolute atomic E-state index is 0.102. The lowest BCUT2D eigenvalue weighted by atomic mass is 10.2. The van der Waals surface area contributed by atoms with Gasteiger partial charge in [0, 0.05) is 18.4 Å². The number of anilines is 2. The molecule has 0 fully saturated rings. The van der Waals surface area contributed by atoms with E-state index in [-0.39, 0.29) is 18.2 Å². The van der Waals surface area contributed by atoms with Crippen LogP contribution in [0, 0.1) is 0 Å². The normalized spacial score (nSPS) is 10.0. The zero-order chi connectivity index (χ0) is 16.8. The SMILES string of the molecule is COc1ccc(NC(=O)Cc2csc(NC(C)=O)n2)c(OC)c1. The van der Waals surface area contributed by atoms with Gasteiger partial charge in [-0.3, -0.25) is 9.59 Å². The van der Waals surface area contributed by atoms with Crippen LogP contribution in [0.3, 0.4) is 0 Å². The van der Waals surface area contributed by atoms with E-state index < -0.39 is 0 Å². The fraction of sp³-hybridized carbons (Fsp3) is 0.267. The molecule has 1 aromatic heterocycles. The highest BCUT2D eigenvalue weighted by atomic mass is 32.1. The molecule has 0 aliphatic heterocycles. The summed E-state index contributed by atoms with van der Waals surface area (Å²) in [5.74, 6) is 0.723. The second kappa shape index (κ2) is 7.59. The van der Waals surface area contributed by atoms with Crippen LogP contribution in [-0.2, 0) is 16.0 Å². The lowest BCUT2D eigenvalue weighted by Gasteiger charge is -2.11. The topological polar surface area (TPSA) is 89.6 Å².